The molecule has 7 nitrogen and oxygen atoms in total. The average Bonchev–Trinajstić information content (AvgIpc) is 2.96. The Morgan fingerprint density at radius 3 is 2.96 bits per heavy atom. The molecule has 0 radical (unpaired) electrons. The SMILES string of the molecule is Cc1ccc(SCCNC(=O)c2cc3n(n2)CC(O)CNC3=O)cc1. The Balaban J connectivity index is 1.53. The predicted octanol–water partition coefficient (Wildman–Crippen LogP) is 0.818. The van der Waals surface area contributed by atoms with Gasteiger partial charge in [0.2, 0.25) is 0 Å². The zero-order valence-corrected chi connectivity index (χ0v) is 14.7. The minimum absolute atomic E-state index is 0.180. The Labute approximate surface area is 149 Å². The van der Waals surface area contributed by atoms with Gasteiger partial charge in [-0.3, -0.25) is 14.3 Å². The van der Waals surface area contributed by atoms with E-state index in [2.05, 4.69) is 40.0 Å². The van der Waals surface area contributed by atoms with Crippen LogP contribution >= 0.6 is 11.8 Å². The van der Waals surface area contributed by atoms with Crippen LogP contribution < -0.4 is 10.6 Å². The molecule has 1 unspecified atom stereocenters. The normalized spacial score (nSPS) is 16.7. The molecule has 3 N–H and O–H groups in total. The van der Waals surface area contributed by atoms with Gasteiger partial charge in [-0.25, -0.2) is 0 Å². The van der Waals surface area contributed by atoms with Gasteiger partial charge in [0.05, 0.1) is 12.6 Å². The fourth-order valence-electron chi connectivity index (χ4n) is 2.47. The first-order valence-electron chi connectivity index (χ1n) is 8.05. The predicted molar refractivity (Wildman–Crippen MR) is 94.8 cm³/mol. The Morgan fingerprint density at radius 1 is 1.44 bits per heavy atom. The van der Waals surface area contributed by atoms with Crippen LogP contribution in [0.4, 0.5) is 0 Å². The highest BCUT2D eigenvalue weighted by Gasteiger charge is 2.24. The summed E-state index contributed by atoms with van der Waals surface area (Å²) in [6.45, 7) is 2.90. The maximum atomic E-state index is 12.2. The van der Waals surface area contributed by atoms with Crippen LogP contribution in [-0.4, -0.2) is 51.6 Å². The number of rotatable bonds is 5. The van der Waals surface area contributed by atoms with E-state index in [9.17, 15) is 14.7 Å². The Kier molecular flexibility index (Phi) is 5.40. The topological polar surface area (TPSA) is 96.2 Å². The third-order valence-electron chi connectivity index (χ3n) is 3.80. The quantitative estimate of drug-likeness (QED) is 0.542. The van der Waals surface area contributed by atoms with E-state index in [-0.39, 0.29) is 36.3 Å². The van der Waals surface area contributed by atoms with Crippen molar-refractivity contribution < 1.29 is 14.7 Å². The maximum absolute atomic E-state index is 12.2. The van der Waals surface area contributed by atoms with E-state index >= 15 is 0 Å². The number of aromatic nitrogens is 2. The highest BCUT2D eigenvalue weighted by Crippen LogP contribution is 2.17. The number of hydrogen-bond donors (Lipinski definition) is 3. The van der Waals surface area contributed by atoms with E-state index in [0.717, 1.165) is 10.6 Å². The summed E-state index contributed by atoms with van der Waals surface area (Å²) < 4.78 is 1.38. The summed E-state index contributed by atoms with van der Waals surface area (Å²) in [6.07, 6.45) is -0.716. The van der Waals surface area contributed by atoms with Gasteiger partial charge < -0.3 is 15.7 Å². The number of aliphatic hydroxyl groups excluding tert-OH is 1. The van der Waals surface area contributed by atoms with Crippen molar-refractivity contribution in [3.63, 3.8) is 0 Å². The van der Waals surface area contributed by atoms with Crippen molar-refractivity contribution in [1.82, 2.24) is 20.4 Å². The fourth-order valence-corrected chi connectivity index (χ4v) is 3.24. The molecule has 0 saturated carbocycles. The van der Waals surface area contributed by atoms with Crippen LogP contribution in [0.5, 0.6) is 0 Å². The minimum atomic E-state index is -0.716. The molecule has 25 heavy (non-hydrogen) atoms. The van der Waals surface area contributed by atoms with Gasteiger partial charge in [-0.1, -0.05) is 17.7 Å². The van der Waals surface area contributed by atoms with E-state index in [4.69, 9.17) is 0 Å². The number of fused-ring (bicyclic) bond motifs is 1. The van der Waals surface area contributed by atoms with Gasteiger partial charge in [0.25, 0.3) is 11.8 Å². The largest absolute Gasteiger partial charge is 0.389 e. The fraction of sp³-hybridized carbons (Fsp3) is 0.353. The van der Waals surface area contributed by atoms with Crippen molar-refractivity contribution in [2.24, 2.45) is 0 Å². The highest BCUT2D eigenvalue weighted by molar-refractivity contribution is 7.99. The summed E-state index contributed by atoms with van der Waals surface area (Å²) in [5.41, 5.74) is 1.68. The molecule has 1 aromatic heterocycles. The molecule has 2 amide bonds. The molecule has 0 bridgehead atoms. The van der Waals surface area contributed by atoms with Crippen molar-refractivity contribution in [2.45, 2.75) is 24.5 Å². The molecule has 8 heteroatoms. The molecular weight excluding hydrogens is 340 g/mol. The first-order valence-corrected chi connectivity index (χ1v) is 9.03. The molecule has 0 spiro atoms. The molecule has 1 aliphatic heterocycles. The second kappa shape index (κ2) is 7.71. The number of aryl methyl sites for hydroxylation is 1. The second-order valence-electron chi connectivity index (χ2n) is 5.88. The summed E-state index contributed by atoms with van der Waals surface area (Å²) in [4.78, 5) is 25.3. The summed E-state index contributed by atoms with van der Waals surface area (Å²) in [5.74, 6) is 0.0760. The maximum Gasteiger partial charge on any atom is 0.271 e. The molecule has 0 fully saturated rings. The first-order chi connectivity index (χ1) is 12.0. The van der Waals surface area contributed by atoms with Crippen LogP contribution in [0.2, 0.25) is 0 Å². The summed E-state index contributed by atoms with van der Waals surface area (Å²) in [5, 5.41) is 19.3. The Morgan fingerprint density at radius 2 is 2.20 bits per heavy atom. The van der Waals surface area contributed by atoms with Gasteiger partial charge in [-0.15, -0.1) is 11.8 Å². The van der Waals surface area contributed by atoms with Crippen molar-refractivity contribution in [1.29, 1.82) is 0 Å². The van der Waals surface area contributed by atoms with E-state index in [1.165, 1.54) is 16.3 Å². The van der Waals surface area contributed by atoms with Crippen LogP contribution in [0, 0.1) is 6.92 Å². The lowest BCUT2D eigenvalue weighted by molar-refractivity contribution is 0.0931. The molecule has 2 aromatic rings. The van der Waals surface area contributed by atoms with Gasteiger partial charge in [-0.05, 0) is 19.1 Å². The minimum Gasteiger partial charge on any atom is -0.389 e. The molecule has 3 rings (SSSR count). The van der Waals surface area contributed by atoms with Crippen molar-refractivity contribution in [3.05, 3.63) is 47.3 Å². The molecule has 0 saturated heterocycles. The third kappa shape index (κ3) is 4.40. The lowest BCUT2D eigenvalue weighted by Gasteiger charge is -2.06. The number of aliphatic hydroxyl groups is 1. The van der Waals surface area contributed by atoms with Crippen LogP contribution in [0.3, 0.4) is 0 Å². The number of carbonyl (C=O) groups excluding carboxylic acids is 2. The van der Waals surface area contributed by atoms with Crippen LogP contribution in [0.25, 0.3) is 0 Å². The summed E-state index contributed by atoms with van der Waals surface area (Å²) in [6, 6.07) is 9.67. The zero-order valence-electron chi connectivity index (χ0n) is 13.9. The lowest BCUT2D eigenvalue weighted by atomic mass is 10.2. The van der Waals surface area contributed by atoms with Crippen molar-refractivity contribution in [3.8, 4) is 0 Å². The lowest BCUT2D eigenvalue weighted by Crippen LogP contribution is -2.30. The number of β-amino-alcohol motifs (C(OH)–C–C–N with tert-alkyl or cyclic N) is 1. The van der Waals surface area contributed by atoms with Gasteiger partial charge >= 0.3 is 0 Å². The van der Waals surface area contributed by atoms with E-state index in [0.29, 0.717) is 6.54 Å². The monoisotopic (exact) mass is 360 g/mol. The summed E-state index contributed by atoms with van der Waals surface area (Å²) in [7, 11) is 0. The molecule has 132 valence electrons. The van der Waals surface area contributed by atoms with E-state index < -0.39 is 6.10 Å². The molecule has 1 aromatic carbocycles. The average molecular weight is 360 g/mol. The molecule has 0 aliphatic carbocycles. The number of hydrogen-bond acceptors (Lipinski definition) is 5. The van der Waals surface area contributed by atoms with Gasteiger partial charge in [0.15, 0.2) is 5.69 Å². The zero-order chi connectivity index (χ0) is 17.8. The van der Waals surface area contributed by atoms with Crippen molar-refractivity contribution in [2.75, 3.05) is 18.8 Å². The van der Waals surface area contributed by atoms with Crippen LogP contribution in [-0.2, 0) is 6.54 Å². The number of carbonyl (C=O) groups is 2. The van der Waals surface area contributed by atoms with Crippen LogP contribution in [0.1, 0.15) is 26.5 Å². The van der Waals surface area contributed by atoms with E-state index in [1.807, 2.05) is 6.92 Å². The standard InChI is InChI=1S/C17H20N4O3S/c1-11-2-4-13(5-3-11)25-7-6-18-16(23)14-8-15-17(24)19-9-12(22)10-21(15)20-14/h2-5,8,12,22H,6-7,9-10H2,1H3,(H,18,23)(H,19,24). The molecule has 1 atom stereocenters. The molecular formula is C17H20N4O3S. The van der Waals surface area contributed by atoms with Gasteiger partial charge in [-0.2, -0.15) is 5.10 Å². The van der Waals surface area contributed by atoms with Gasteiger partial charge in [0.1, 0.15) is 5.69 Å². The number of nitrogens with one attached hydrogen (secondary N) is 2. The highest BCUT2D eigenvalue weighted by atomic mass is 32.2. The number of nitrogens with zero attached hydrogens (tertiary/aromatic N) is 2. The number of benzene rings is 1. The van der Waals surface area contributed by atoms with Crippen LogP contribution in [0.15, 0.2) is 35.2 Å². The van der Waals surface area contributed by atoms with E-state index in [1.54, 1.807) is 11.8 Å². The smallest absolute Gasteiger partial charge is 0.271 e. The summed E-state index contributed by atoms with van der Waals surface area (Å²) >= 11 is 1.66. The van der Waals surface area contributed by atoms with Gasteiger partial charge in [0, 0.05) is 29.8 Å². The third-order valence-corrected chi connectivity index (χ3v) is 4.82. The Hall–Kier alpha value is -2.32. The Bertz CT molecular complexity index is 773. The second-order valence-corrected chi connectivity index (χ2v) is 7.05. The molecule has 2 heterocycles. The number of amides is 2. The van der Waals surface area contributed by atoms with Crippen molar-refractivity contribution >= 4 is 23.6 Å². The molecule has 1 aliphatic rings. The first kappa shape index (κ1) is 17.5. The number of thioether (sulfide) groups is 1.